The van der Waals surface area contributed by atoms with E-state index in [2.05, 4.69) is 11.4 Å². The minimum absolute atomic E-state index is 0.0691. The average Bonchev–Trinajstić information content (AvgIpc) is 3.00. The second-order valence-electron chi connectivity index (χ2n) is 5.61. The Hall–Kier alpha value is -1.91. The molecule has 124 valence electrons. The highest BCUT2D eigenvalue weighted by atomic mass is 32.2. The molecule has 1 fully saturated rings. The van der Waals surface area contributed by atoms with Gasteiger partial charge in [-0.25, -0.2) is 8.42 Å². The zero-order chi connectivity index (χ0) is 16.9. The van der Waals surface area contributed by atoms with E-state index in [-0.39, 0.29) is 11.7 Å². The molecule has 0 saturated carbocycles. The molecule has 1 N–H and O–H groups in total. The molecule has 1 atom stereocenters. The SMILES string of the molecule is CCCS(=O)(=O)N1CCCC1C(=O)Nc1ccc(CC#N)cc1. The molecule has 1 aromatic rings. The maximum absolute atomic E-state index is 12.4. The number of sulfonamides is 1. The summed E-state index contributed by atoms with van der Waals surface area (Å²) in [6, 6.07) is 8.44. The topological polar surface area (TPSA) is 90.3 Å². The Labute approximate surface area is 137 Å². The van der Waals surface area contributed by atoms with Crippen molar-refractivity contribution in [1.82, 2.24) is 4.31 Å². The van der Waals surface area contributed by atoms with E-state index < -0.39 is 16.1 Å². The third kappa shape index (κ3) is 4.30. The molecule has 1 amide bonds. The fourth-order valence-electron chi connectivity index (χ4n) is 2.73. The van der Waals surface area contributed by atoms with E-state index >= 15 is 0 Å². The minimum Gasteiger partial charge on any atom is -0.325 e. The molecule has 1 heterocycles. The quantitative estimate of drug-likeness (QED) is 0.859. The van der Waals surface area contributed by atoms with Crippen molar-refractivity contribution in [2.24, 2.45) is 0 Å². The van der Waals surface area contributed by atoms with Crippen LogP contribution in [0.1, 0.15) is 31.7 Å². The largest absolute Gasteiger partial charge is 0.325 e. The lowest BCUT2D eigenvalue weighted by atomic mass is 10.1. The van der Waals surface area contributed by atoms with Crippen LogP contribution < -0.4 is 5.32 Å². The van der Waals surface area contributed by atoms with Crippen molar-refractivity contribution in [3.63, 3.8) is 0 Å². The summed E-state index contributed by atoms with van der Waals surface area (Å²) >= 11 is 0. The summed E-state index contributed by atoms with van der Waals surface area (Å²) in [4.78, 5) is 12.4. The molecule has 0 aliphatic carbocycles. The van der Waals surface area contributed by atoms with Crippen LogP contribution in [0.4, 0.5) is 5.69 Å². The number of anilines is 1. The normalized spacial score (nSPS) is 18.5. The molecule has 0 radical (unpaired) electrons. The van der Waals surface area contributed by atoms with Gasteiger partial charge in [0.1, 0.15) is 6.04 Å². The van der Waals surface area contributed by atoms with E-state index in [1.807, 2.05) is 6.92 Å². The Balaban J connectivity index is 2.06. The third-order valence-electron chi connectivity index (χ3n) is 3.83. The number of carbonyl (C=O) groups excluding carboxylic acids is 1. The molecule has 1 aromatic carbocycles. The van der Waals surface area contributed by atoms with Gasteiger partial charge in [0.25, 0.3) is 0 Å². The van der Waals surface area contributed by atoms with Gasteiger partial charge in [-0.2, -0.15) is 9.57 Å². The fraction of sp³-hybridized carbons (Fsp3) is 0.500. The highest BCUT2D eigenvalue weighted by Gasteiger charge is 2.37. The molecule has 0 aromatic heterocycles. The van der Waals surface area contributed by atoms with Crippen LogP contribution >= 0.6 is 0 Å². The van der Waals surface area contributed by atoms with Gasteiger partial charge in [0, 0.05) is 12.2 Å². The highest BCUT2D eigenvalue weighted by molar-refractivity contribution is 7.89. The van der Waals surface area contributed by atoms with Gasteiger partial charge in [-0.05, 0) is 37.0 Å². The minimum atomic E-state index is -3.37. The zero-order valence-electron chi connectivity index (χ0n) is 13.2. The van der Waals surface area contributed by atoms with Crippen molar-refractivity contribution in [3.8, 4) is 6.07 Å². The molecule has 1 saturated heterocycles. The predicted octanol–water partition coefficient (Wildman–Crippen LogP) is 1.90. The second kappa shape index (κ2) is 7.57. The predicted molar refractivity (Wildman–Crippen MR) is 88.2 cm³/mol. The summed E-state index contributed by atoms with van der Waals surface area (Å²) in [5, 5.41) is 11.4. The van der Waals surface area contributed by atoms with Crippen LogP contribution in [0.15, 0.2) is 24.3 Å². The molecule has 1 unspecified atom stereocenters. The molecule has 1 aliphatic rings. The summed E-state index contributed by atoms with van der Waals surface area (Å²) < 4.78 is 25.8. The first kappa shape index (κ1) is 17.4. The number of rotatable bonds is 6. The Kier molecular flexibility index (Phi) is 5.74. The fourth-order valence-corrected chi connectivity index (χ4v) is 4.48. The van der Waals surface area contributed by atoms with Gasteiger partial charge in [0.05, 0.1) is 18.2 Å². The maximum atomic E-state index is 12.4. The Morgan fingerprint density at radius 1 is 1.39 bits per heavy atom. The highest BCUT2D eigenvalue weighted by Crippen LogP contribution is 2.23. The van der Waals surface area contributed by atoms with Crippen LogP contribution in [0.25, 0.3) is 0 Å². The number of hydrogen-bond donors (Lipinski definition) is 1. The third-order valence-corrected chi connectivity index (χ3v) is 5.91. The van der Waals surface area contributed by atoms with Crippen LogP contribution in [0.3, 0.4) is 0 Å². The van der Waals surface area contributed by atoms with E-state index in [9.17, 15) is 13.2 Å². The summed E-state index contributed by atoms with van der Waals surface area (Å²) in [7, 11) is -3.37. The molecule has 6 nitrogen and oxygen atoms in total. The number of benzene rings is 1. The van der Waals surface area contributed by atoms with Gasteiger partial charge in [0.15, 0.2) is 0 Å². The molecule has 7 heteroatoms. The second-order valence-corrected chi connectivity index (χ2v) is 7.65. The van der Waals surface area contributed by atoms with Crippen LogP contribution in [0, 0.1) is 11.3 Å². The monoisotopic (exact) mass is 335 g/mol. The lowest BCUT2D eigenvalue weighted by Crippen LogP contribution is -2.44. The van der Waals surface area contributed by atoms with Crippen LogP contribution in [0.2, 0.25) is 0 Å². The lowest BCUT2D eigenvalue weighted by molar-refractivity contribution is -0.119. The first-order chi connectivity index (χ1) is 11.0. The van der Waals surface area contributed by atoms with Crippen LogP contribution in [-0.4, -0.2) is 37.0 Å². The molecule has 0 bridgehead atoms. The standard InChI is InChI=1S/C16H21N3O3S/c1-2-12-23(21,22)19-11-3-4-15(19)16(20)18-14-7-5-13(6-8-14)9-10-17/h5-8,15H,2-4,9,11-12H2,1H3,(H,18,20). The number of amides is 1. The summed E-state index contributed by atoms with van der Waals surface area (Å²) in [6.45, 7) is 2.22. The number of nitrogens with zero attached hydrogens (tertiary/aromatic N) is 2. The summed E-state index contributed by atoms with van der Waals surface area (Å²) in [6.07, 6.45) is 2.09. The van der Waals surface area contributed by atoms with Crippen molar-refractivity contribution in [2.45, 2.75) is 38.6 Å². The maximum Gasteiger partial charge on any atom is 0.242 e. The molecular formula is C16H21N3O3S. The van der Waals surface area contributed by atoms with Gasteiger partial charge in [-0.15, -0.1) is 0 Å². The molecule has 1 aliphatic heterocycles. The van der Waals surface area contributed by atoms with E-state index in [0.29, 0.717) is 37.9 Å². The van der Waals surface area contributed by atoms with Crippen molar-refractivity contribution < 1.29 is 13.2 Å². The molecule has 0 spiro atoms. The van der Waals surface area contributed by atoms with E-state index in [0.717, 1.165) is 5.56 Å². The number of hydrogen-bond acceptors (Lipinski definition) is 4. The molecule has 2 rings (SSSR count). The zero-order valence-corrected chi connectivity index (χ0v) is 14.0. The van der Waals surface area contributed by atoms with Gasteiger partial charge in [-0.1, -0.05) is 19.1 Å². The Morgan fingerprint density at radius 3 is 2.70 bits per heavy atom. The van der Waals surface area contributed by atoms with Crippen molar-refractivity contribution in [2.75, 3.05) is 17.6 Å². The summed E-state index contributed by atoms with van der Waals surface area (Å²) in [5.74, 6) is -0.227. The van der Waals surface area contributed by atoms with Crippen LogP contribution in [-0.2, 0) is 21.2 Å². The average molecular weight is 335 g/mol. The van der Waals surface area contributed by atoms with Gasteiger partial charge in [-0.3, -0.25) is 4.79 Å². The number of carbonyl (C=O) groups is 1. The van der Waals surface area contributed by atoms with Crippen molar-refractivity contribution in [1.29, 1.82) is 5.26 Å². The van der Waals surface area contributed by atoms with Gasteiger partial charge < -0.3 is 5.32 Å². The molecular weight excluding hydrogens is 314 g/mol. The smallest absolute Gasteiger partial charge is 0.242 e. The van der Waals surface area contributed by atoms with Crippen molar-refractivity contribution in [3.05, 3.63) is 29.8 Å². The van der Waals surface area contributed by atoms with E-state index in [1.54, 1.807) is 24.3 Å². The van der Waals surface area contributed by atoms with Gasteiger partial charge in [0.2, 0.25) is 15.9 Å². The number of nitriles is 1. The Bertz CT molecular complexity index is 692. The first-order valence-corrected chi connectivity index (χ1v) is 9.35. The van der Waals surface area contributed by atoms with E-state index in [1.165, 1.54) is 4.31 Å². The Morgan fingerprint density at radius 2 is 2.09 bits per heavy atom. The lowest BCUT2D eigenvalue weighted by Gasteiger charge is -2.23. The summed E-state index contributed by atoms with van der Waals surface area (Å²) in [5.41, 5.74) is 1.48. The van der Waals surface area contributed by atoms with Crippen LogP contribution in [0.5, 0.6) is 0 Å². The number of nitrogens with one attached hydrogen (secondary N) is 1. The van der Waals surface area contributed by atoms with Gasteiger partial charge >= 0.3 is 0 Å². The van der Waals surface area contributed by atoms with Crippen molar-refractivity contribution >= 4 is 21.6 Å². The molecule has 23 heavy (non-hydrogen) atoms. The van der Waals surface area contributed by atoms with E-state index in [4.69, 9.17) is 5.26 Å². The first-order valence-electron chi connectivity index (χ1n) is 7.74.